The molecular formula is C13H10BrNO3. The molecule has 0 fully saturated rings. The Bertz CT molecular complexity index is 557. The van der Waals surface area contributed by atoms with E-state index in [-0.39, 0.29) is 5.69 Å². The first-order valence-corrected chi connectivity index (χ1v) is 6.39. The lowest BCUT2D eigenvalue weighted by Gasteiger charge is -2.07. The van der Waals surface area contributed by atoms with Crippen molar-refractivity contribution in [3.05, 3.63) is 64.2 Å². The molecule has 2 aromatic carbocycles. The fourth-order valence-corrected chi connectivity index (χ4v) is 1.98. The number of benzene rings is 2. The van der Waals surface area contributed by atoms with Crippen molar-refractivity contribution in [3.8, 4) is 11.5 Å². The molecule has 2 rings (SSSR count). The number of rotatable bonds is 4. The van der Waals surface area contributed by atoms with Crippen molar-refractivity contribution < 1.29 is 9.66 Å². The second-order valence-electron chi connectivity index (χ2n) is 3.60. The zero-order valence-corrected chi connectivity index (χ0v) is 11.0. The Morgan fingerprint density at radius 3 is 2.44 bits per heavy atom. The molecule has 0 spiro atoms. The molecule has 0 heterocycles. The summed E-state index contributed by atoms with van der Waals surface area (Å²) in [6, 6.07) is 14.0. The smallest absolute Gasteiger partial charge is 0.273 e. The van der Waals surface area contributed by atoms with Crippen LogP contribution in [0.25, 0.3) is 0 Å². The van der Waals surface area contributed by atoms with E-state index in [9.17, 15) is 10.1 Å². The van der Waals surface area contributed by atoms with E-state index in [1.165, 1.54) is 6.07 Å². The minimum atomic E-state index is -0.400. The van der Waals surface area contributed by atoms with E-state index in [1.807, 2.05) is 30.3 Å². The average Bonchev–Trinajstić information content (AvgIpc) is 2.39. The van der Waals surface area contributed by atoms with E-state index in [0.29, 0.717) is 22.4 Å². The molecule has 4 nitrogen and oxygen atoms in total. The number of hydrogen-bond acceptors (Lipinski definition) is 3. The number of alkyl halides is 1. The van der Waals surface area contributed by atoms with E-state index in [1.54, 1.807) is 12.1 Å². The molecule has 0 radical (unpaired) electrons. The standard InChI is InChI=1S/C13H10BrNO3/c14-9-10-8-12(6-7-13(10)15(16)17)18-11-4-2-1-3-5-11/h1-8H,9H2. The Kier molecular flexibility index (Phi) is 3.94. The van der Waals surface area contributed by atoms with Gasteiger partial charge in [-0.25, -0.2) is 0 Å². The van der Waals surface area contributed by atoms with Crippen LogP contribution >= 0.6 is 15.9 Å². The quantitative estimate of drug-likeness (QED) is 0.481. The highest BCUT2D eigenvalue weighted by Crippen LogP contribution is 2.28. The summed E-state index contributed by atoms with van der Waals surface area (Å²) >= 11 is 3.24. The lowest BCUT2D eigenvalue weighted by atomic mass is 10.2. The number of ether oxygens (including phenoxy) is 1. The maximum absolute atomic E-state index is 10.8. The summed E-state index contributed by atoms with van der Waals surface area (Å²) < 4.78 is 5.61. The van der Waals surface area contributed by atoms with Crippen LogP contribution in [0, 0.1) is 10.1 Å². The van der Waals surface area contributed by atoms with Crippen LogP contribution in [0.1, 0.15) is 5.56 Å². The summed E-state index contributed by atoms with van der Waals surface area (Å²) in [5, 5.41) is 11.2. The van der Waals surface area contributed by atoms with E-state index in [2.05, 4.69) is 15.9 Å². The first-order valence-electron chi connectivity index (χ1n) is 5.27. The molecule has 0 amide bonds. The monoisotopic (exact) mass is 307 g/mol. The first-order chi connectivity index (χ1) is 8.70. The molecule has 0 saturated carbocycles. The number of nitro groups is 1. The Morgan fingerprint density at radius 1 is 1.11 bits per heavy atom. The van der Waals surface area contributed by atoms with Crippen LogP contribution in [0.4, 0.5) is 5.69 Å². The van der Waals surface area contributed by atoms with E-state index < -0.39 is 4.92 Å². The van der Waals surface area contributed by atoms with Gasteiger partial charge in [0.1, 0.15) is 11.5 Å². The number of hydrogen-bond donors (Lipinski definition) is 0. The van der Waals surface area contributed by atoms with Crippen molar-refractivity contribution in [3.63, 3.8) is 0 Å². The molecule has 5 heteroatoms. The van der Waals surface area contributed by atoms with Crippen LogP contribution in [0.5, 0.6) is 11.5 Å². The van der Waals surface area contributed by atoms with Gasteiger partial charge < -0.3 is 4.74 Å². The highest BCUT2D eigenvalue weighted by atomic mass is 79.9. The molecule has 2 aromatic rings. The highest BCUT2D eigenvalue weighted by Gasteiger charge is 2.13. The lowest BCUT2D eigenvalue weighted by Crippen LogP contribution is -1.94. The van der Waals surface area contributed by atoms with E-state index in [0.717, 1.165) is 0 Å². The number of halogens is 1. The van der Waals surface area contributed by atoms with Gasteiger partial charge in [-0.2, -0.15) is 0 Å². The van der Waals surface area contributed by atoms with E-state index >= 15 is 0 Å². The van der Waals surface area contributed by atoms with Gasteiger partial charge in [-0.05, 0) is 24.3 Å². The van der Waals surface area contributed by atoms with Crippen molar-refractivity contribution >= 4 is 21.6 Å². The molecule has 18 heavy (non-hydrogen) atoms. The molecule has 0 N–H and O–H groups in total. The maximum Gasteiger partial charge on any atom is 0.273 e. The van der Waals surface area contributed by atoms with Crippen molar-refractivity contribution in [1.82, 2.24) is 0 Å². The molecule has 0 saturated heterocycles. The molecule has 0 aliphatic rings. The van der Waals surface area contributed by atoms with Crippen LogP contribution in [0.2, 0.25) is 0 Å². The fraction of sp³-hybridized carbons (Fsp3) is 0.0769. The van der Waals surface area contributed by atoms with Gasteiger partial charge in [0.05, 0.1) is 4.92 Å². The number of nitrogens with zero attached hydrogens (tertiary/aromatic N) is 1. The van der Waals surface area contributed by atoms with Crippen molar-refractivity contribution in [2.45, 2.75) is 5.33 Å². The molecule has 92 valence electrons. The zero-order chi connectivity index (χ0) is 13.0. The van der Waals surface area contributed by atoms with Crippen LogP contribution in [-0.2, 0) is 5.33 Å². The minimum Gasteiger partial charge on any atom is -0.457 e. The third-order valence-electron chi connectivity index (χ3n) is 2.37. The Hall–Kier alpha value is -1.88. The van der Waals surface area contributed by atoms with E-state index in [4.69, 9.17) is 4.74 Å². The Balaban J connectivity index is 2.28. The summed E-state index contributed by atoms with van der Waals surface area (Å²) in [6.45, 7) is 0. The van der Waals surface area contributed by atoms with Crippen molar-refractivity contribution in [2.24, 2.45) is 0 Å². The predicted octanol–water partition coefficient (Wildman–Crippen LogP) is 4.28. The van der Waals surface area contributed by atoms with Crippen molar-refractivity contribution in [1.29, 1.82) is 0 Å². The maximum atomic E-state index is 10.8. The second-order valence-corrected chi connectivity index (χ2v) is 4.16. The summed E-state index contributed by atoms with van der Waals surface area (Å²) in [5.74, 6) is 1.29. The molecule has 0 aromatic heterocycles. The average molecular weight is 308 g/mol. The van der Waals surface area contributed by atoms with Crippen molar-refractivity contribution in [2.75, 3.05) is 0 Å². The van der Waals surface area contributed by atoms with Gasteiger partial charge in [0, 0.05) is 17.0 Å². The van der Waals surface area contributed by atoms with Gasteiger partial charge in [-0.1, -0.05) is 34.1 Å². The number of nitro benzene ring substituents is 1. The van der Waals surface area contributed by atoms with Gasteiger partial charge in [-0.3, -0.25) is 10.1 Å². The second kappa shape index (κ2) is 5.64. The van der Waals surface area contributed by atoms with Gasteiger partial charge in [-0.15, -0.1) is 0 Å². The van der Waals surface area contributed by atoms with Crippen LogP contribution < -0.4 is 4.74 Å². The molecular weight excluding hydrogens is 298 g/mol. The van der Waals surface area contributed by atoms with Gasteiger partial charge in [0.25, 0.3) is 5.69 Å². The highest BCUT2D eigenvalue weighted by molar-refractivity contribution is 9.08. The van der Waals surface area contributed by atoms with Crippen LogP contribution in [0.3, 0.4) is 0 Å². The summed E-state index contributed by atoms with van der Waals surface area (Å²) in [7, 11) is 0. The molecule has 0 unspecified atom stereocenters. The topological polar surface area (TPSA) is 52.4 Å². The fourth-order valence-electron chi connectivity index (χ4n) is 1.54. The molecule has 0 aliphatic carbocycles. The Labute approximate surface area is 112 Å². The number of para-hydroxylation sites is 1. The first kappa shape index (κ1) is 12.6. The third kappa shape index (κ3) is 2.87. The van der Waals surface area contributed by atoms with Gasteiger partial charge in [0.2, 0.25) is 0 Å². The van der Waals surface area contributed by atoms with Gasteiger partial charge >= 0.3 is 0 Å². The summed E-state index contributed by atoms with van der Waals surface area (Å²) in [6.07, 6.45) is 0. The minimum absolute atomic E-state index is 0.0901. The predicted molar refractivity (Wildman–Crippen MR) is 72.2 cm³/mol. The SMILES string of the molecule is O=[N+]([O-])c1ccc(Oc2ccccc2)cc1CBr. The summed E-state index contributed by atoms with van der Waals surface area (Å²) in [4.78, 5) is 10.4. The van der Waals surface area contributed by atoms with Crippen LogP contribution in [0.15, 0.2) is 48.5 Å². The summed E-state index contributed by atoms with van der Waals surface area (Å²) in [5.41, 5.74) is 0.681. The lowest BCUT2D eigenvalue weighted by molar-refractivity contribution is -0.385. The largest absolute Gasteiger partial charge is 0.457 e. The van der Waals surface area contributed by atoms with Gasteiger partial charge in [0.15, 0.2) is 0 Å². The zero-order valence-electron chi connectivity index (χ0n) is 9.38. The molecule has 0 aliphatic heterocycles. The molecule has 0 atom stereocenters. The Morgan fingerprint density at radius 2 is 1.83 bits per heavy atom. The molecule has 0 bridgehead atoms. The van der Waals surface area contributed by atoms with Crippen LogP contribution in [-0.4, -0.2) is 4.92 Å². The third-order valence-corrected chi connectivity index (χ3v) is 2.97. The normalized spacial score (nSPS) is 10.1.